The van der Waals surface area contributed by atoms with Crippen molar-refractivity contribution >= 4 is 35.0 Å². The topological polar surface area (TPSA) is 76.0 Å². The van der Waals surface area contributed by atoms with Crippen molar-refractivity contribution in [3.8, 4) is 0 Å². The lowest BCUT2D eigenvalue weighted by atomic mass is 10.1. The lowest BCUT2D eigenvalue weighted by Gasteiger charge is -2.31. The minimum absolute atomic E-state index is 0.239. The number of hydrogen-bond acceptors (Lipinski definition) is 4. The molecule has 0 radical (unpaired) electrons. The van der Waals surface area contributed by atoms with Gasteiger partial charge in [-0.25, -0.2) is 4.39 Å². The third-order valence-electron chi connectivity index (χ3n) is 4.50. The molecule has 1 unspecified atom stereocenters. The molecule has 2 N–H and O–H groups in total. The summed E-state index contributed by atoms with van der Waals surface area (Å²) in [4.78, 5) is 26.2. The van der Waals surface area contributed by atoms with Gasteiger partial charge in [-0.1, -0.05) is 42.1 Å². The van der Waals surface area contributed by atoms with Gasteiger partial charge in [-0.15, -0.1) is 0 Å². The van der Waals surface area contributed by atoms with Gasteiger partial charge in [0.05, 0.1) is 24.1 Å². The van der Waals surface area contributed by atoms with Crippen molar-refractivity contribution in [2.24, 2.45) is 0 Å². The van der Waals surface area contributed by atoms with Crippen LogP contribution in [0.15, 0.2) is 65.8 Å². The number of halogens is 1. The van der Waals surface area contributed by atoms with E-state index >= 15 is 0 Å². The summed E-state index contributed by atoms with van der Waals surface area (Å²) < 4.78 is 14.0. The maximum absolute atomic E-state index is 13.8. The molecule has 0 saturated carbocycles. The van der Waals surface area contributed by atoms with E-state index in [0.717, 1.165) is 4.90 Å². The summed E-state index contributed by atoms with van der Waals surface area (Å²) in [6, 6.07) is 13.8. The number of fused-ring (bicyclic) bond motifs is 1. The van der Waals surface area contributed by atoms with E-state index in [1.807, 2.05) is 18.2 Å². The van der Waals surface area contributed by atoms with Gasteiger partial charge in [-0.3, -0.25) is 14.3 Å². The van der Waals surface area contributed by atoms with Gasteiger partial charge in [-0.05, 0) is 25.1 Å². The Morgan fingerprint density at radius 3 is 2.82 bits per heavy atom. The number of carbonyl (C=O) groups excluding carboxylic acids is 2. The predicted molar refractivity (Wildman–Crippen MR) is 106 cm³/mol. The zero-order valence-electron chi connectivity index (χ0n) is 15.0. The Labute approximate surface area is 165 Å². The Morgan fingerprint density at radius 1 is 1.25 bits per heavy atom. The van der Waals surface area contributed by atoms with Crippen molar-refractivity contribution in [2.45, 2.75) is 23.1 Å². The molecular weight excluding hydrogens is 379 g/mol. The van der Waals surface area contributed by atoms with Crippen LogP contribution in [0.5, 0.6) is 0 Å². The highest BCUT2D eigenvalue weighted by atomic mass is 32.2. The van der Waals surface area contributed by atoms with Crippen LogP contribution in [0.3, 0.4) is 0 Å². The average molecular weight is 396 g/mol. The van der Waals surface area contributed by atoms with E-state index in [1.165, 1.54) is 28.7 Å². The van der Waals surface area contributed by atoms with Crippen LogP contribution in [0, 0.1) is 5.82 Å². The number of anilines is 2. The molecule has 6 nitrogen and oxygen atoms in total. The second kappa shape index (κ2) is 7.12. The molecule has 0 bridgehead atoms. The molecule has 0 aliphatic carbocycles. The second-order valence-electron chi connectivity index (χ2n) is 6.56. The molecule has 3 aromatic rings. The van der Waals surface area contributed by atoms with E-state index in [-0.39, 0.29) is 18.3 Å². The standard InChI is InChI=1S/C20H17FN4O2S/c1-20(19(27)24-16-8-4-5-9-17(16)28-20)18(26)23-14-10-22-25(12-14)11-13-6-2-3-7-15(13)21/h2-10,12H,11H2,1H3,(H,23,26)(H,24,27). The number of hydrogen-bond donors (Lipinski definition) is 2. The summed E-state index contributed by atoms with van der Waals surface area (Å²) in [7, 11) is 0. The molecule has 1 aromatic heterocycles. The van der Waals surface area contributed by atoms with Crippen LogP contribution in [0.25, 0.3) is 0 Å². The van der Waals surface area contributed by atoms with Crippen molar-refractivity contribution in [3.05, 3.63) is 72.3 Å². The first kappa shape index (κ1) is 18.2. The minimum atomic E-state index is -1.32. The van der Waals surface area contributed by atoms with Crippen LogP contribution in [0.4, 0.5) is 15.8 Å². The van der Waals surface area contributed by atoms with E-state index in [4.69, 9.17) is 0 Å². The third kappa shape index (κ3) is 3.38. The molecule has 2 amide bonds. The summed E-state index contributed by atoms with van der Waals surface area (Å²) in [5.74, 6) is -1.15. The summed E-state index contributed by atoms with van der Waals surface area (Å²) in [6.45, 7) is 1.82. The van der Waals surface area contributed by atoms with Crippen LogP contribution >= 0.6 is 11.8 Å². The lowest BCUT2D eigenvalue weighted by Crippen LogP contribution is -2.49. The monoisotopic (exact) mass is 396 g/mol. The molecule has 0 spiro atoms. The molecule has 2 heterocycles. The maximum Gasteiger partial charge on any atom is 0.250 e. The molecule has 1 aliphatic rings. The van der Waals surface area contributed by atoms with E-state index < -0.39 is 10.7 Å². The van der Waals surface area contributed by atoms with Gasteiger partial charge < -0.3 is 10.6 Å². The molecule has 0 saturated heterocycles. The Bertz CT molecular complexity index is 1070. The van der Waals surface area contributed by atoms with Crippen molar-refractivity contribution in [3.63, 3.8) is 0 Å². The Morgan fingerprint density at radius 2 is 2.00 bits per heavy atom. The highest BCUT2D eigenvalue weighted by Crippen LogP contribution is 2.42. The smallest absolute Gasteiger partial charge is 0.250 e. The van der Waals surface area contributed by atoms with E-state index in [0.29, 0.717) is 16.9 Å². The molecule has 142 valence electrons. The summed E-state index contributed by atoms with van der Waals surface area (Å²) in [5, 5.41) is 9.67. The number of thioether (sulfide) groups is 1. The van der Waals surface area contributed by atoms with Crippen molar-refractivity contribution in [2.75, 3.05) is 10.6 Å². The molecule has 8 heteroatoms. The van der Waals surface area contributed by atoms with Crippen LogP contribution in [-0.4, -0.2) is 26.3 Å². The first-order valence-corrected chi connectivity index (χ1v) is 9.44. The van der Waals surface area contributed by atoms with E-state index in [9.17, 15) is 14.0 Å². The molecule has 1 atom stereocenters. The molecule has 2 aromatic carbocycles. The number of amides is 2. The zero-order chi connectivity index (χ0) is 19.7. The first-order chi connectivity index (χ1) is 13.5. The van der Waals surface area contributed by atoms with Crippen molar-refractivity contribution in [1.82, 2.24) is 9.78 Å². The van der Waals surface area contributed by atoms with Gasteiger partial charge in [0, 0.05) is 16.7 Å². The predicted octanol–water partition coefficient (Wildman–Crippen LogP) is 3.51. The SMILES string of the molecule is CC1(C(=O)Nc2cnn(Cc3ccccc3F)c2)Sc2ccccc2NC1=O. The largest absolute Gasteiger partial charge is 0.323 e. The van der Waals surface area contributed by atoms with Crippen LogP contribution < -0.4 is 10.6 Å². The molecule has 0 fully saturated rings. The van der Waals surface area contributed by atoms with Gasteiger partial charge in [0.15, 0.2) is 4.75 Å². The van der Waals surface area contributed by atoms with Crippen LogP contribution in [-0.2, 0) is 16.1 Å². The summed E-state index contributed by atoms with van der Waals surface area (Å²) in [6.07, 6.45) is 3.08. The van der Waals surface area contributed by atoms with Gasteiger partial charge in [0.25, 0.3) is 0 Å². The molecule has 28 heavy (non-hydrogen) atoms. The van der Waals surface area contributed by atoms with E-state index in [2.05, 4.69) is 15.7 Å². The fourth-order valence-corrected chi connectivity index (χ4v) is 3.99. The average Bonchev–Trinajstić information content (AvgIpc) is 3.11. The quantitative estimate of drug-likeness (QED) is 0.662. The van der Waals surface area contributed by atoms with Crippen LogP contribution in [0.2, 0.25) is 0 Å². The summed E-state index contributed by atoms with van der Waals surface area (Å²) in [5.41, 5.74) is 1.63. The maximum atomic E-state index is 13.8. The molecular formula is C20H17FN4O2S. The number of carbonyl (C=O) groups is 2. The first-order valence-electron chi connectivity index (χ1n) is 8.62. The Balaban J connectivity index is 1.49. The number of rotatable bonds is 4. The van der Waals surface area contributed by atoms with E-state index in [1.54, 1.807) is 37.4 Å². The zero-order valence-corrected chi connectivity index (χ0v) is 15.8. The second-order valence-corrected chi connectivity index (χ2v) is 8.02. The van der Waals surface area contributed by atoms with Gasteiger partial charge in [0.1, 0.15) is 5.82 Å². The minimum Gasteiger partial charge on any atom is -0.323 e. The number of nitrogens with zero attached hydrogens (tertiary/aromatic N) is 2. The Hall–Kier alpha value is -3.13. The number of para-hydroxylation sites is 1. The van der Waals surface area contributed by atoms with Gasteiger partial charge >= 0.3 is 0 Å². The van der Waals surface area contributed by atoms with Crippen molar-refractivity contribution < 1.29 is 14.0 Å². The molecule has 1 aliphatic heterocycles. The number of aromatic nitrogens is 2. The third-order valence-corrected chi connectivity index (χ3v) is 5.85. The Kier molecular flexibility index (Phi) is 4.64. The number of nitrogens with one attached hydrogen (secondary N) is 2. The highest BCUT2D eigenvalue weighted by molar-refractivity contribution is 8.02. The van der Waals surface area contributed by atoms with Gasteiger partial charge in [-0.2, -0.15) is 5.10 Å². The fourth-order valence-electron chi connectivity index (χ4n) is 2.88. The van der Waals surface area contributed by atoms with Crippen molar-refractivity contribution in [1.29, 1.82) is 0 Å². The lowest BCUT2D eigenvalue weighted by molar-refractivity contribution is -0.126. The highest BCUT2D eigenvalue weighted by Gasteiger charge is 2.45. The fraction of sp³-hybridized carbons (Fsp3) is 0.150. The normalized spacial score (nSPS) is 18.3. The van der Waals surface area contributed by atoms with Gasteiger partial charge in [0.2, 0.25) is 11.8 Å². The summed E-state index contributed by atoms with van der Waals surface area (Å²) >= 11 is 1.21. The molecule has 4 rings (SSSR count). The number of benzene rings is 2. The van der Waals surface area contributed by atoms with Crippen LogP contribution in [0.1, 0.15) is 12.5 Å².